The maximum absolute atomic E-state index is 12.1. The molecule has 2 atom stereocenters. The molecule has 5 nitrogen and oxygen atoms in total. The molecule has 0 saturated carbocycles. The fourth-order valence-corrected chi connectivity index (χ4v) is 3.45. The molecule has 1 fully saturated rings. The zero-order chi connectivity index (χ0) is 15.5. The normalized spacial score (nSPS) is 22.6. The highest BCUT2D eigenvalue weighted by molar-refractivity contribution is 7.99. The number of hydrogen-bond donors (Lipinski definition) is 2. The van der Waals surface area contributed by atoms with Crippen molar-refractivity contribution in [2.45, 2.75) is 25.0 Å². The van der Waals surface area contributed by atoms with Gasteiger partial charge in [0.25, 0.3) is 5.91 Å². The number of thioether (sulfide) groups is 1. The topological polar surface area (TPSA) is 75.6 Å². The van der Waals surface area contributed by atoms with Gasteiger partial charge in [-0.2, -0.15) is 11.8 Å². The molecule has 2 N–H and O–H groups in total. The van der Waals surface area contributed by atoms with E-state index in [0.717, 1.165) is 5.75 Å². The molecule has 1 heterocycles. The van der Waals surface area contributed by atoms with Crippen molar-refractivity contribution in [3.63, 3.8) is 0 Å². The molecule has 2 unspecified atom stereocenters. The summed E-state index contributed by atoms with van der Waals surface area (Å²) >= 11 is 7.29. The lowest BCUT2D eigenvalue weighted by Crippen LogP contribution is -2.57. The van der Waals surface area contributed by atoms with E-state index in [1.165, 1.54) is 11.8 Å². The van der Waals surface area contributed by atoms with E-state index >= 15 is 0 Å². The number of carboxylic acid groups (broad SMARTS) is 1. The van der Waals surface area contributed by atoms with Crippen molar-refractivity contribution in [3.8, 4) is 5.75 Å². The number of carboxylic acids is 1. The van der Waals surface area contributed by atoms with Crippen LogP contribution in [-0.4, -0.2) is 40.1 Å². The largest absolute Gasteiger partial charge is 0.481 e. The highest BCUT2D eigenvalue weighted by atomic mass is 35.5. The van der Waals surface area contributed by atoms with Crippen molar-refractivity contribution in [2.24, 2.45) is 0 Å². The molecular formula is C14H16ClNO4S. The molecule has 0 aliphatic carbocycles. The summed E-state index contributed by atoms with van der Waals surface area (Å²) in [6.45, 7) is 1.58. The van der Waals surface area contributed by atoms with E-state index in [4.69, 9.17) is 16.3 Å². The van der Waals surface area contributed by atoms with E-state index in [0.29, 0.717) is 22.9 Å². The minimum absolute atomic E-state index is 0.377. The molecule has 0 radical (unpaired) electrons. The van der Waals surface area contributed by atoms with Crippen molar-refractivity contribution in [2.75, 3.05) is 11.5 Å². The fraction of sp³-hybridized carbons (Fsp3) is 0.429. The average Bonchev–Trinajstić information content (AvgIpc) is 2.91. The number of amides is 1. The first kappa shape index (κ1) is 16.0. The molecule has 2 rings (SSSR count). The van der Waals surface area contributed by atoms with Gasteiger partial charge in [0.15, 0.2) is 6.10 Å². The van der Waals surface area contributed by atoms with Crippen molar-refractivity contribution in [1.29, 1.82) is 0 Å². The Bertz CT molecular complexity index is 528. The van der Waals surface area contributed by atoms with Gasteiger partial charge >= 0.3 is 5.97 Å². The third kappa shape index (κ3) is 3.83. The number of aliphatic carboxylic acids is 1. The first-order valence-corrected chi connectivity index (χ1v) is 8.02. The van der Waals surface area contributed by atoms with Gasteiger partial charge < -0.3 is 15.2 Å². The lowest BCUT2D eigenvalue weighted by atomic mass is 9.99. The maximum atomic E-state index is 12.1. The number of nitrogens with one attached hydrogen (secondary N) is 1. The van der Waals surface area contributed by atoms with E-state index in [1.807, 2.05) is 0 Å². The number of rotatable bonds is 5. The summed E-state index contributed by atoms with van der Waals surface area (Å²) in [5.74, 6) is 0.169. The zero-order valence-electron chi connectivity index (χ0n) is 11.5. The van der Waals surface area contributed by atoms with Crippen LogP contribution in [0.3, 0.4) is 0 Å². The van der Waals surface area contributed by atoms with Gasteiger partial charge in [-0.15, -0.1) is 0 Å². The monoisotopic (exact) mass is 329 g/mol. The van der Waals surface area contributed by atoms with Crippen molar-refractivity contribution >= 4 is 35.2 Å². The van der Waals surface area contributed by atoms with Crippen molar-refractivity contribution in [3.05, 3.63) is 29.3 Å². The Kier molecular flexibility index (Phi) is 5.00. The first-order chi connectivity index (χ1) is 9.93. The quantitative estimate of drug-likeness (QED) is 0.866. The summed E-state index contributed by atoms with van der Waals surface area (Å²) in [6, 6.07) is 6.64. The van der Waals surface area contributed by atoms with Crippen LogP contribution in [-0.2, 0) is 9.59 Å². The third-order valence-corrected chi connectivity index (χ3v) is 4.73. The summed E-state index contributed by atoms with van der Waals surface area (Å²) in [6.07, 6.45) is -0.361. The zero-order valence-corrected chi connectivity index (χ0v) is 13.0. The van der Waals surface area contributed by atoms with Crippen molar-refractivity contribution < 1.29 is 19.4 Å². The number of halogens is 1. The van der Waals surface area contributed by atoms with Crippen LogP contribution in [0, 0.1) is 0 Å². The second-order valence-electron chi connectivity index (χ2n) is 4.89. The Balaban J connectivity index is 1.99. The van der Waals surface area contributed by atoms with Crippen LogP contribution in [0.2, 0.25) is 5.02 Å². The molecule has 1 aliphatic rings. The smallest absolute Gasteiger partial charge is 0.330 e. The number of ether oxygens (including phenoxy) is 1. The van der Waals surface area contributed by atoms with Crippen LogP contribution in [0.15, 0.2) is 24.3 Å². The average molecular weight is 330 g/mol. The molecule has 0 spiro atoms. The molecule has 0 bridgehead atoms. The maximum Gasteiger partial charge on any atom is 0.330 e. The molecule has 7 heteroatoms. The van der Waals surface area contributed by atoms with E-state index in [-0.39, 0.29) is 0 Å². The Morgan fingerprint density at radius 1 is 1.43 bits per heavy atom. The number of carbonyl (C=O) groups is 2. The second kappa shape index (κ2) is 6.58. The van der Waals surface area contributed by atoms with E-state index in [2.05, 4.69) is 5.32 Å². The van der Waals surface area contributed by atoms with Crippen LogP contribution in [0.5, 0.6) is 5.75 Å². The Morgan fingerprint density at radius 3 is 2.62 bits per heavy atom. The summed E-state index contributed by atoms with van der Waals surface area (Å²) in [7, 11) is 0. The van der Waals surface area contributed by atoms with Gasteiger partial charge in [0, 0.05) is 10.8 Å². The van der Waals surface area contributed by atoms with Crippen molar-refractivity contribution in [1.82, 2.24) is 5.32 Å². The van der Waals surface area contributed by atoms with Crippen LogP contribution in [0.4, 0.5) is 0 Å². The van der Waals surface area contributed by atoms with Gasteiger partial charge in [-0.1, -0.05) is 11.6 Å². The van der Waals surface area contributed by atoms with Gasteiger partial charge in [-0.25, -0.2) is 4.79 Å². The van der Waals surface area contributed by atoms with E-state index in [9.17, 15) is 14.7 Å². The molecule has 1 saturated heterocycles. The molecule has 1 aromatic rings. The molecule has 1 aliphatic heterocycles. The SMILES string of the molecule is CC(Oc1ccc(Cl)cc1)C(=O)NC1(C(=O)O)CCSC1. The predicted octanol–water partition coefficient (Wildman–Crippen LogP) is 2.18. The van der Waals surface area contributed by atoms with Crippen LogP contribution >= 0.6 is 23.4 Å². The number of hydrogen-bond acceptors (Lipinski definition) is 4. The molecule has 1 aromatic carbocycles. The third-order valence-electron chi connectivity index (χ3n) is 3.29. The van der Waals surface area contributed by atoms with Gasteiger partial charge in [-0.05, 0) is 43.4 Å². The second-order valence-corrected chi connectivity index (χ2v) is 6.43. The summed E-state index contributed by atoms with van der Waals surface area (Å²) in [5.41, 5.74) is -1.18. The Morgan fingerprint density at radius 2 is 2.10 bits per heavy atom. The molecular weight excluding hydrogens is 314 g/mol. The highest BCUT2D eigenvalue weighted by Crippen LogP contribution is 2.28. The van der Waals surface area contributed by atoms with Crippen LogP contribution < -0.4 is 10.1 Å². The lowest BCUT2D eigenvalue weighted by Gasteiger charge is -2.26. The molecule has 114 valence electrons. The van der Waals surface area contributed by atoms with E-state index in [1.54, 1.807) is 31.2 Å². The number of benzene rings is 1. The van der Waals surface area contributed by atoms with Gasteiger partial charge in [-0.3, -0.25) is 4.79 Å². The van der Waals surface area contributed by atoms with Gasteiger partial charge in [0.2, 0.25) is 0 Å². The first-order valence-electron chi connectivity index (χ1n) is 6.48. The Hall–Kier alpha value is -1.40. The molecule has 0 aromatic heterocycles. The highest BCUT2D eigenvalue weighted by Gasteiger charge is 2.44. The predicted molar refractivity (Wildman–Crippen MR) is 82.0 cm³/mol. The minimum atomic E-state index is -1.18. The standard InChI is InChI=1S/C14H16ClNO4S/c1-9(20-11-4-2-10(15)3-5-11)12(17)16-14(13(18)19)6-7-21-8-14/h2-5,9H,6-8H2,1H3,(H,16,17)(H,18,19). The van der Waals surface area contributed by atoms with Gasteiger partial charge in [0.05, 0.1) is 0 Å². The van der Waals surface area contributed by atoms with Crippen LogP contribution in [0.1, 0.15) is 13.3 Å². The molecule has 21 heavy (non-hydrogen) atoms. The lowest BCUT2D eigenvalue weighted by molar-refractivity contribution is -0.147. The number of carbonyl (C=O) groups excluding carboxylic acids is 1. The molecule has 1 amide bonds. The fourth-order valence-electron chi connectivity index (χ4n) is 1.99. The van der Waals surface area contributed by atoms with E-state index < -0.39 is 23.5 Å². The Labute approximate surface area is 132 Å². The minimum Gasteiger partial charge on any atom is -0.481 e. The van der Waals surface area contributed by atoms with Crippen LogP contribution in [0.25, 0.3) is 0 Å². The summed E-state index contributed by atoms with van der Waals surface area (Å²) < 4.78 is 5.50. The van der Waals surface area contributed by atoms with Gasteiger partial charge in [0.1, 0.15) is 11.3 Å². The summed E-state index contributed by atoms with van der Waals surface area (Å²) in [4.78, 5) is 23.5. The summed E-state index contributed by atoms with van der Waals surface area (Å²) in [5, 5.41) is 12.5.